The van der Waals surface area contributed by atoms with Gasteiger partial charge in [0.1, 0.15) is 11.6 Å². The van der Waals surface area contributed by atoms with Crippen LogP contribution in [0.1, 0.15) is 48.0 Å². The van der Waals surface area contributed by atoms with Crippen LogP contribution in [0.2, 0.25) is 0 Å². The topological polar surface area (TPSA) is 82.8 Å². The van der Waals surface area contributed by atoms with E-state index in [0.29, 0.717) is 19.8 Å². The molecule has 3 N–H and O–H groups in total. The number of hydrazine groups is 1. The van der Waals surface area contributed by atoms with E-state index in [-0.39, 0.29) is 18.2 Å². The molecule has 136 valence electrons. The van der Waals surface area contributed by atoms with Crippen molar-refractivity contribution in [2.24, 2.45) is 0 Å². The van der Waals surface area contributed by atoms with Gasteiger partial charge < -0.3 is 19.5 Å². The first-order valence-corrected chi connectivity index (χ1v) is 8.10. The summed E-state index contributed by atoms with van der Waals surface area (Å²) in [5.41, 5.74) is 2.44. The first-order valence-electron chi connectivity index (χ1n) is 8.10. The lowest BCUT2D eigenvalue weighted by molar-refractivity contribution is -0.525. The highest BCUT2D eigenvalue weighted by molar-refractivity contribution is 5.68. The molecule has 0 aliphatic heterocycles. The van der Waals surface area contributed by atoms with E-state index < -0.39 is 11.7 Å². The smallest absolute Gasteiger partial charge is 0.407 e. The first-order chi connectivity index (χ1) is 10.6. The molecule has 0 saturated heterocycles. The zero-order valence-corrected chi connectivity index (χ0v) is 15.4. The first kappa shape index (κ1) is 21.7. The number of carbonyl (C=O) groups is 1. The van der Waals surface area contributed by atoms with Crippen LogP contribution >= 0.6 is 0 Å². The maximum absolute atomic E-state index is 11.6. The third-order valence-corrected chi connectivity index (χ3v) is 2.78. The van der Waals surface area contributed by atoms with Gasteiger partial charge in [-0.15, -0.1) is 5.10 Å². The highest BCUT2D eigenvalue weighted by Gasteiger charge is 2.18. The molecule has 0 bridgehead atoms. The molecule has 0 radical (unpaired) electrons. The Morgan fingerprint density at radius 2 is 1.83 bits per heavy atom. The predicted molar refractivity (Wildman–Crippen MR) is 90.4 cm³/mol. The van der Waals surface area contributed by atoms with Crippen LogP contribution in [0.15, 0.2) is 0 Å². The lowest BCUT2D eigenvalue weighted by Crippen LogP contribution is -2.80. The fourth-order valence-electron chi connectivity index (χ4n) is 1.67. The van der Waals surface area contributed by atoms with Gasteiger partial charge in [0.15, 0.2) is 6.72 Å². The summed E-state index contributed by atoms with van der Waals surface area (Å²) in [7, 11) is 0. The maximum atomic E-state index is 11.6. The lowest BCUT2D eigenvalue weighted by atomic mass is 10.2. The fraction of sp³-hybridized carbons (Fsp3) is 0.875. The largest absolute Gasteiger partial charge is 0.444 e. The standard InChI is InChI=1S/C16H33N3O4/c1-12(18-15(20)23-16(4,5)6)11-22-14(3)8-9-21-10-13(2)19-17-7/h12-14,19H,7-11H2,1-6H3,(H,18,20)/p+1. The Bertz CT molecular complexity index is 345. The van der Waals surface area contributed by atoms with E-state index in [4.69, 9.17) is 14.2 Å². The normalized spacial score (nSPS) is 15.4. The SMILES string of the molecule is C=[NH+]NC(C)COCCC(C)OCC(C)NC(=O)OC(C)(C)C. The number of amides is 1. The Morgan fingerprint density at radius 3 is 2.39 bits per heavy atom. The van der Waals surface area contributed by atoms with E-state index in [9.17, 15) is 4.79 Å². The fourth-order valence-corrected chi connectivity index (χ4v) is 1.67. The number of carbonyl (C=O) groups excluding carboxylic acids is 1. The van der Waals surface area contributed by atoms with Crippen LogP contribution in [0, 0.1) is 0 Å². The zero-order valence-electron chi connectivity index (χ0n) is 15.4. The molecular weight excluding hydrogens is 298 g/mol. The van der Waals surface area contributed by atoms with E-state index in [1.165, 1.54) is 0 Å². The van der Waals surface area contributed by atoms with E-state index in [1.807, 2.05) is 41.5 Å². The monoisotopic (exact) mass is 332 g/mol. The van der Waals surface area contributed by atoms with Crippen molar-refractivity contribution in [1.29, 1.82) is 0 Å². The summed E-state index contributed by atoms with van der Waals surface area (Å²) in [6, 6.07) is 0.0855. The van der Waals surface area contributed by atoms with Crippen LogP contribution in [-0.2, 0) is 14.2 Å². The molecule has 0 aromatic carbocycles. The molecule has 0 saturated carbocycles. The van der Waals surface area contributed by atoms with Crippen molar-refractivity contribution >= 4 is 12.8 Å². The zero-order chi connectivity index (χ0) is 17.9. The molecule has 7 heteroatoms. The summed E-state index contributed by atoms with van der Waals surface area (Å²) >= 11 is 0. The molecule has 0 aliphatic carbocycles. The average Bonchev–Trinajstić information content (AvgIpc) is 2.39. The van der Waals surface area contributed by atoms with Crippen molar-refractivity contribution in [2.75, 3.05) is 19.8 Å². The number of rotatable bonds is 11. The van der Waals surface area contributed by atoms with Crippen molar-refractivity contribution in [3.05, 3.63) is 0 Å². The number of hydrogen-bond donors (Lipinski definition) is 3. The van der Waals surface area contributed by atoms with Gasteiger partial charge in [-0.3, -0.25) is 0 Å². The summed E-state index contributed by atoms with van der Waals surface area (Å²) in [6.07, 6.45) is 0.432. The maximum Gasteiger partial charge on any atom is 0.407 e. The quantitative estimate of drug-likeness (QED) is 0.290. The van der Waals surface area contributed by atoms with Gasteiger partial charge >= 0.3 is 6.09 Å². The molecule has 0 aliphatic rings. The second kappa shape index (κ2) is 11.2. The second-order valence-electron chi connectivity index (χ2n) is 6.78. The van der Waals surface area contributed by atoms with E-state index >= 15 is 0 Å². The second-order valence-corrected chi connectivity index (χ2v) is 6.78. The van der Waals surface area contributed by atoms with Crippen molar-refractivity contribution in [2.45, 2.75) is 71.8 Å². The van der Waals surface area contributed by atoms with Gasteiger partial charge in [0, 0.05) is 6.61 Å². The van der Waals surface area contributed by atoms with E-state index in [1.54, 1.807) is 0 Å². The van der Waals surface area contributed by atoms with Crippen LogP contribution in [0.25, 0.3) is 0 Å². The van der Waals surface area contributed by atoms with Gasteiger partial charge in [-0.25, -0.2) is 4.79 Å². The molecule has 7 nitrogen and oxygen atoms in total. The number of ether oxygens (including phenoxy) is 3. The van der Waals surface area contributed by atoms with Crippen LogP contribution < -0.4 is 15.8 Å². The highest BCUT2D eigenvalue weighted by atomic mass is 16.6. The summed E-state index contributed by atoms with van der Waals surface area (Å²) in [5.74, 6) is 0. The third-order valence-electron chi connectivity index (χ3n) is 2.78. The van der Waals surface area contributed by atoms with Gasteiger partial charge in [0.05, 0.1) is 25.4 Å². The molecule has 0 aromatic heterocycles. The van der Waals surface area contributed by atoms with Crippen LogP contribution in [0.4, 0.5) is 4.79 Å². The summed E-state index contributed by atoms with van der Waals surface area (Å²) < 4.78 is 16.4. The number of hydrogen-bond acceptors (Lipinski definition) is 5. The molecule has 3 unspecified atom stereocenters. The van der Waals surface area contributed by atoms with E-state index in [0.717, 1.165) is 6.42 Å². The Hall–Kier alpha value is -1.34. The van der Waals surface area contributed by atoms with Crippen molar-refractivity contribution < 1.29 is 24.1 Å². The van der Waals surface area contributed by atoms with E-state index in [2.05, 4.69) is 22.6 Å². The van der Waals surface area contributed by atoms with Crippen molar-refractivity contribution in [3.8, 4) is 0 Å². The predicted octanol–water partition coefficient (Wildman–Crippen LogP) is 0.386. The van der Waals surface area contributed by atoms with Gasteiger partial charge in [0.2, 0.25) is 0 Å². The van der Waals surface area contributed by atoms with Gasteiger partial charge in [-0.05, 0) is 48.0 Å². The number of nitrogens with one attached hydrogen (secondary N) is 3. The number of hydrazone groups is 1. The molecule has 0 heterocycles. The summed E-state index contributed by atoms with van der Waals surface area (Å²) in [4.78, 5) is 11.6. The molecule has 0 aromatic rings. The summed E-state index contributed by atoms with van der Waals surface area (Å²) in [5, 5.41) is 5.38. The lowest BCUT2D eigenvalue weighted by Gasteiger charge is -2.22. The minimum atomic E-state index is -0.495. The highest BCUT2D eigenvalue weighted by Crippen LogP contribution is 2.07. The molecule has 0 rings (SSSR count). The molecule has 1 amide bonds. The van der Waals surface area contributed by atoms with Gasteiger partial charge in [0.25, 0.3) is 0 Å². The van der Waals surface area contributed by atoms with Gasteiger partial charge in [-0.1, -0.05) is 0 Å². The van der Waals surface area contributed by atoms with Crippen LogP contribution in [0.3, 0.4) is 0 Å². The molecule has 23 heavy (non-hydrogen) atoms. The summed E-state index contributed by atoms with van der Waals surface area (Å²) in [6.45, 7) is 16.5. The molecule has 0 spiro atoms. The Labute approximate surface area is 140 Å². The van der Waals surface area contributed by atoms with Crippen LogP contribution in [-0.4, -0.2) is 56.4 Å². The minimum Gasteiger partial charge on any atom is -0.444 e. The number of alkyl carbamates (subject to hydrolysis) is 1. The Morgan fingerprint density at radius 1 is 1.17 bits per heavy atom. The Kier molecular flexibility index (Phi) is 10.6. The van der Waals surface area contributed by atoms with Crippen LogP contribution in [0.5, 0.6) is 0 Å². The molecule has 0 fully saturated rings. The third kappa shape index (κ3) is 14.0. The minimum absolute atomic E-state index is 0.0621. The van der Waals surface area contributed by atoms with Crippen molar-refractivity contribution in [1.82, 2.24) is 10.7 Å². The Balaban J connectivity index is 3.73. The molecular formula is C16H34N3O4+. The van der Waals surface area contributed by atoms with Gasteiger partial charge in [-0.2, -0.15) is 5.43 Å². The molecule has 3 atom stereocenters. The average molecular weight is 332 g/mol. The van der Waals surface area contributed by atoms with Crippen molar-refractivity contribution in [3.63, 3.8) is 0 Å².